The van der Waals surface area contributed by atoms with Crippen LogP contribution in [0, 0.1) is 5.82 Å². The summed E-state index contributed by atoms with van der Waals surface area (Å²) in [7, 11) is 1.93. The molecule has 1 N–H and O–H groups in total. The monoisotopic (exact) mass is 375 g/mol. The summed E-state index contributed by atoms with van der Waals surface area (Å²) in [5.74, 6) is -0.667. The Balaban J connectivity index is 1.42. The third-order valence-corrected chi connectivity index (χ3v) is 5.92. The zero-order chi connectivity index (χ0) is 19.2. The van der Waals surface area contributed by atoms with Gasteiger partial charge in [-0.1, -0.05) is 31.4 Å². The lowest BCUT2D eigenvalue weighted by molar-refractivity contribution is -0.134. The second-order valence-electron chi connectivity index (χ2n) is 7.80. The highest BCUT2D eigenvalue weighted by Crippen LogP contribution is 2.22. The summed E-state index contributed by atoms with van der Waals surface area (Å²) in [5.41, 5.74) is 0.0872. The van der Waals surface area contributed by atoms with Gasteiger partial charge in [-0.05, 0) is 37.8 Å². The van der Waals surface area contributed by atoms with E-state index in [4.69, 9.17) is 0 Å². The molecule has 6 heteroatoms. The van der Waals surface area contributed by atoms with Crippen molar-refractivity contribution in [1.29, 1.82) is 0 Å². The van der Waals surface area contributed by atoms with Crippen LogP contribution in [0.25, 0.3) is 0 Å². The molecule has 0 spiro atoms. The Morgan fingerprint density at radius 3 is 2.44 bits per heavy atom. The minimum Gasteiger partial charge on any atom is -0.349 e. The van der Waals surface area contributed by atoms with Crippen molar-refractivity contribution in [2.24, 2.45) is 0 Å². The van der Waals surface area contributed by atoms with Crippen LogP contribution in [0.1, 0.15) is 55.3 Å². The quantitative estimate of drug-likeness (QED) is 0.861. The van der Waals surface area contributed by atoms with E-state index < -0.39 is 5.82 Å². The number of piperidine rings is 1. The molecule has 2 fully saturated rings. The number of nitrogens with one attached hydrogen (secondary N) is 1. The maximum atomic E-state index is 13.7. The van der Waals surface area contributed by atoms with E-state index in [1.165, 1.54) is 31.4 Å². The molecule has 0 radical (unpaired) electrons. The van der Waals surface area contributed by atoms with E-state index in [1.54, 1.807) is 12.1 Å². The average molecular weight is 375 g/mol. The van der Waals surface area contributed by atoms with Gasteiger partial charge in [0.25, 0.3) is 5.91 Å². The van der Waals surface area contributed by atoms with Crippen LogP contribution in [0.2, 0.25) is 0 Å². The summed E-state index contributed by atoms with van der Waals surface area (Å²) < 4.78 is 13.7. The van der Waals surface area contributed by atoms with Gasteiger partial charge in [0, 0.05) is 32.2 Å². The van der Waals surface area contributed by atoms with Gasteiger partial charge < -0.3 is 10.2 Å². The van der Waals surface area contributed by atoms with Crippen LogP contribution in [0.5, 0.6) is 0 Å². The zero-order valence-electron chi connectivity index (χ0n) is 16.1. The number of likely N-dealkylation sites (N-methyl/N-ethyl adjacent to an activating group) is 1. The lowest BCUT2D eigenvalue weighted by Crippen LogP contribution is -2.49. The number of halogens is 1. The molecule has 1 aliphatic heterocycles. The molecule has 1 saturated heterocycles. The summed E-state index contributed by atoms with van der Waals surface area (Å²) in [5, 5.41) is 2.92. The summed E-state index contributed by atoms with van der Waals surface area (Å²) in [4.78, 5) is 28.9. The molecule has 0 aromatic heterocycles. The summed E-state index contributed by atoms with van der Waals surface area (Å²) >= 11 is 0. The van der Waals surface area contributed by atoms with Crippen molar-refractivity contribution in [2.45, 2.75) is 57.0 Å². The van der Waals surface area contributed by atoms with E-state index in [0.29, 0.717) is 12.6 Å². The molecule has 2 aliphatic rings. The zero-order valence-corrected chi connectivity index (χ0v) is 16.1. The number of nitrogens with zero attached hydrogens (tertiary/aromatic N) is 2. The van der Waals surface area contributed by atoms with E-state index in [0.717, 1.165) is 38.8 Å². The fourth-order valence-electron chi connectivity index (χ4n) is 4.12. The molecule has 1 heterocycles. The molecule has 0 bridgehead atoms. The van der Waals surface area contributed by atoms with Crippen LogP contribution in [0.3, 0.4) is 0 Å². The molecule has 2 amide bonds. The van der Waals surface area contributed by atoms with Crippen molar-refractivity contribution < 1.29 is 14.0 Å². The highest BCUT2D eigenvalue weighted by molar-refractivity contribution is 5.94. The molecule has 0 unspecified atom stereocenters. The molecule has 5 nitrogen and oxygen atoms in total. The number of hydrogen-bond acceptors (Lipinski definition) is 3. The van der Waals surface area contributed by atoms with Gasteiger partial charge in [-0.15, -0.1) is 0 Å². The molecule has 1 saturated carbocycles. The fourth-order valence-corrected chi connectivity index (χ4v) is 4.12. The van der Waals surface area contributed by atoms with E-state index in [1.807, 2.05) is 11.9 Å². The fraction of sp³-hybridized carbons (Fsp3) is 0.619. The molecule has 148 valence electrons. The Labute approximate surface area is 160 Å². The van der Waals surface area contributed by atoms with Crippen LogP contribution in [-0.4, -0.2) is 60.4 Å². The largest absolute Gasteiger partial charge is 0.349 e. The average Bonchev–Trinajstić information content (AvgIpc) is 2.69. The van der Waals surface area contributed by atoms with Gasteiger partial charge >= 0.3 is 0 Å². The molecule has 1 aromatic rings. The molecule has 27 heavy (non-hydrogen) atoms. The molecule has 0 atom stereocenters. The molecule has 1 aliphatic carbocycles. The predicted molar refractivity (Wildman–Crippen MR) is 103 cm³/mol. The van der Waals surface area contributed by atoms with Crippen LogP contribution in [0.15, 0.2) is 24.3 Å². The number of rotatable bonds is 5. The van der Waals surface area contributed by atoms with Gasteiger partial charge in [0.15, 0.2) is 0 Å². The molecule has 1 aromatic carbocycles. The Morgan fingerprint density at radius 2 is 1.78 bits per heavy atom. The van der Waals surface area contributed by atoms with Gasteiger partial charge in [-0.2, -0.15) is 0 Å². The maximum absolute atomic E-state index is 13.7. The smallest absolute Gasteiger partial charge is 0.254 e. The minimum absolute atomic E-state index is 0.0273. The first kappa shape index (κ1) is 19.8. The SMILES string of the molecule is CN(C(=O)CN1CCC(NC(=O)c2ccccc2F)CC1)C1CCCCC1. The van der Waals surface area contributed by atoms with Crippen molar-refractivity contribution in [3.63, 3.8) is 0 Å². The molecular weight excluding hydrogens is 345 g/mol. The van der Waals surface area contributed by atoms with Gasteiger partial charge in [0.05, 0.1) is 12.1 Å². The number of amides is 2. The Bertz CT molecular complexity index is 653. The van der Waals surface area contributed by atoms with E-state index in [9.17, 15) is 14.0 Å². The van der Waals surface area contributed by atoms with Crippen molar-refractivity contribution >= 4 is 11.8 Å². The summed E-state index contributed by atoms with van der Waals surface area (Å²) in [6.07, 6.45) is 7.51. The van der Waals surface area contributed by atoms with Gasteiger partial charge in [-0.25, -0.2) is 4.39 Å². The lowest BCUT2D eigenvalue weighted by Gasteiger charge is -2.35. The third-order valence-electron chi connectivity index (χ3n) is 5.92. The molecule has 3 rings (SSSR count). The first-order chi connectivity index (χ1) is 13.0. The van der Waals surface area contributed by atoms with Gasteiger partial charge in [0.2, 0.25) is 5.91 Å². The van der Waals surface area contributed by atoms with Gasteiger partial charge in [0.1, 0.15) is 5.82 Å². The van der Waals surface area contributed by atoms with Crippen LogP contribution in [0.4, 0.5) is 4.39 Å². The highest BCUT2D eigenvalue weighted by atomic mass is 19.1. The standard InChI is InChI=1S/C21H30FN3O2/c1-24(17-7-3-2-4-8-17)20(26)15-25-13-11-16(12-14-25)23-21(27)18-9-5-6-10-19(18)22/h5-6,9-10,16-17H,2-4,7-8,11-15H2,1H3,(H,23,27). The van der Waals surface area contributed by atoms with Crippen molar-refractivity contribution in [3.8, 4) is 0 Å². The normalized spacial score (nSPS) is 19.6. The summed E-state index contributed by atoms with van der Waals surface area (Å²) in [6, 6.07) is 6.45. The minimum atomic E-state index is -0.496. The van der Waals surface area contributed by atoms with E-state index >= 15 is 0 Å². The van der Waals surface area contributed by atoms with Crippen molar-refractivity contribution in [3.05, 3.63) is 35.6 Å². The number of hydrogen-bond donors (Lipinski definition) is 1. The third kappa shape index (κ3) is 5.28. The Hall–Kier alpha value is -1.95. The topological polar surface area (TPSA) is 52.7 Å². The highest BCUT2D eigenvalue weighted by Gasteiger charge is 2.26. The van der Waals surface area contributed by atoms with E-state index in [-0.39, 0.29) is 23.4 Å². The van der Waals surface area contributed by atoms with Gasteiger partial charge in [-0.3, -0.25) is 14.5 Å². The van der Waals surface area contributed by atoms with Crippen LogP contribution < -0.4 is 5.32 Å². The Kier molecular flexibility index (Phi) is 6.83. The number of carbonyl (C=O) groups is 2. The van der Waals surface area contributed by atoms with E-state index in [2.05, 4.69) is 10.2 Å². The number of carbonyl (C=O) groups excluding carboxylic acids is 2. The number of likely N-dealkylation sites (tertiary alicyclic amines) is 1. The van der Waals surface area contributed by atoms with Crippen molar-refractivity contribution in [2.75, 3.05) is 26.7 Å². The summed E-state index contributed by atoms with van der Waals surface area (Å²) in [6.45, 7) is 1.99. The van der Waals surface area contributed by atoms with Crippen LogP contribution in [-0.2, 0) is 4.79 Å². The lowest BCUT2D eigenvalue weighted by atomic mass is 9.94. The number of benzene rings is 1. The second kappa shape index (κ2) is 9.31. The first-order valence-corrected chi connectivity index (χ1v) is 10.1. The van der Waals surface area contributed by atoms with Crippen LogP contribution >= 0.6 is 0 Å². The Morgan fingerprint density at radius 1 is 1.11 bits per heavy atom. The molecular formula is C21H30FN3O2. The first-order valence-electron chi connectivity index (χ1n) is 10.1. The second-order valence-corrected chi connectivity index (χ2v) is 7.80. The predicted octanol–water partition coefficient (Wildman–Crippen LogP) is 2.81. The van der Waals surface area contributed by atoms with Crippen molar-refractivity contribution in [1.82, 2.24) is 15.1 Å². The maximum Gasteiger partial charge on any atom is 0.254 e.